The summed E-state index contributed by atoms with van der Waals surface area (Å²) in [4.78, 5) is 27.5. The fourth-order valence-electron chi connectivity index (χ4n) is 3.46. The van der Waals surface area contributed by atoms with Crippen molar-refractivity contribution in [2.24, 2.45) is 7.05 Å². The van der Waals surface area contributed by atoms with Crippen LogP contribution in [0, 0.1) is 0 Å². The van der Waals surface area contributed by atoms with Gasteiger partial charge in [-0.1, -0.05) is 6.58 Å². The molecule has 1 aliphatic heterocycles. The molecular weight excluding hydrogens is 370 g/mol. The topological polar surface area (TPSA) is 106 Å². The van der Waals surface area contributed by atoms with Crippen molar-refractivity contribution in [3.05, 3.63) is 31.4 Å². The summed E-state index contributed by atoms with van der Waals surface area (Å²) in [5.74, 6) is 1.06. The minimum atomic E-state index is -0.0533. The molecule has 4 heterocycles. The molecule has 0 saturated carbocycles. The standard InChI is InChI=1S/C19H25N9O/c1-5-15(29)27-7-6-13(10-27)23-19-24-17(22-14-8-21-26(4)9-14)16-18(25-19)28(11-20-16)12(2)3/h5,8-9,11-13H,1,6-7,10H2,2-4H3,(H2,22,23,24,25). The SMILES string of the molecule is C=CC(=O)N1CCC(Nc2nc(Nc3cnn(C)c3)c3ncn(C(C)C)c3n2)C1. The smallest absolute Gasteiger partial charge is 0.246 e. The maximum Gasteiger partial charge on any atom is 0.246 e. The molecule has 1 atom stereocenters. The van der Waals surface area contributed by atoms with Crippen molar-refractivity contribution in [1.82, 2.24) is 34.2 Å². The van der Waals surface area contributed by atoms with E-state index in [0.717, 1.165) is 17.8 Å². The second-order valence-corrected chi connectivity index (χ2v) is 7.46. The monoisotopic (exact) mass is 395 g/mol. The van der Waals surface area contributed by atoms with Crippen LogP contribution in [0.3, 0.4) is 0 Å². The third kappa shape index (κ3) is 3.78. The maximum absolute atomic E-state index is 11.9. The summed E-state index contributed by atoms with van der Waals surface area (Å²) in [5.41, 5.74) is 2.27. The highest BCUT2D eigenvalue weighted by atomic mass is 16.2. The van der Waals surface area contributed by atoms with Crippen molar-refractivity contribution < 1.29 is 4.79 Å². The highest BCUT2D eigenvalue weighted by Gasteiger charge is 2.26. The largest absolute Gasteiger partial charge is 0.350 e. The third-order valence-corrected chi connectivity index (χ3v) is 4.95. The number of carbonyl (C=O) groups is 1. The van der Waals surface area contributed by atoms with Gasteiger partial charge in [0, 0.05) is 38.4 Å². The van der Waals surface area contributed by atoms with Crippen LogP contribution >= 0.6 is 0 Å². The average molecular weight is 395 g/mol. The number of rotatable bonds is 6. The average Bonchev–Trinajstić information content (AvgIpc) is 3.41. The van der Waals surface area contributed by atoms with Crippen molar-refractivity contribution >= 4 is 34.5 Å². The van der Waals surface area contributed by atoms with Gasteiger partial charge in [-0.25, -0.2) is 4.98 Å². The van der Waals surface area contributed by atoms with E-state index in [1.807, 2.05) is 17.8 Å². The molecule has 4 rings (SSSR count). The number of anilines is 3. The van der Waals surface area contributed by atoms with Crippen LogP contribution in [0.4, 0.5) is 17.5 Å². The first-order valence-corrected chi connectivity index (χ1v) is 9.62. The lowest BCUT2D eigenvalue weighted by Crippen LogP contribution is -2.30. The quantitative estimate of drug-likeness (QED) is 0.616. The summed E-state index contributed by atoms with van der Waals surface area (Å²) >= 11 is 0. The summed E-state index contributed by atoms with van der Waals surface area (Å²) in [6.07, 6.45) is 7.56. The molecule has 0 spiro atoms. The molecule has 3 aromatic heterocycles. The van der Waals surface area contributed by atoms with E-state index in [4.69, 9.17) is 4.98 Å². The number of aryl methyl sites for hydroxylation is 1. The third-order valence-electron chi connectivity index (χ3n) is 4.95. The first kappa shape index (κ1) is 18.9. The van der Waals surface area contributed by atoms with Gasteiger partial charge in [0.15, 0.2) is 17.0 Å². The molecule has 152 valence electrons. The Hall–Kier alpha value is -3.43. The molecule has 0 aliphatic carbocycles. The van der Waals surface area contributed by atoms with Crippen LogP contribution in [0.15, 0.2) is 31.4 Å². The Morgan fingerprint density at radius 2 is 2.21 bits per heavy atom. The number of carbonyl (C=O) groups excluding carboxylic acids is 1. The lowest BCUT2D eigenvalue weighted by Gasteiger charge is -2.16. The first-order chi connectivity index (χ1) is 13.9. The Labute approximate surface area is 168 Å². The Morgan fingerprint density at radius 1 is 1.38 bits per heavy atom. The number of fused-ring (bicyclic) bond motifs is 1. The molecule has 2 N–H and O–H groups in total. The number of nitrogens with zero attached hydrogens (tertiary/aromatic N) is 7. The molecule has 1 fully saturated rings. The molecule has 0 bridgehead atoms. The van der Waals surface area contributed by atoms with Gasteiger partial charge in [-0.05, 0) is 26.3 Å². The van der Waals surface area contributed by atoms with Crippen LogP contribution < -0.4 is 10.6 Å². The van der Waals surface area contributed by atoms with Crippen LogP contribution in [0.2, 0.25) is 0 Å². The van der Waals surface area contributed by atoms with E-state index >= 15 is 0 Å². The molecule has 1 saturated heterocycles. The number of hydrogen-bond acceptors (Lipinski definition) is 7. The molecule has 0 aromatic carbocycles. The highest BCUT2D eigenvalue weighted by Crippen LogP contribution is 2.26. The maximum atomic E-state index is 11.9. The number of likely N-dealkylation sites (tertiary alicyclic amines) is 1. The van der Waals surface area contributed by atoms with Crippen LogP contribution in [-0.2, 0) is 11.8 Å². The van der Waals surface area contributed by atoms with Crippen LogP contribution in [-0.4, -0.2) is 59.2 Å². The Bertz CT molecular complexity index is 1050. The van der Waals surface area contributed by atoms with E-state index in [1.54, 1.807) is 22.1 Å². The second-order valence-electron chi connectivity index (χ2n) is 7.46. The Kier molecular flexibility index (Phi) is 4.91. The second kappa shape index (κ2) is 7.53. The normalized spacial score (nSPS) is 16.6. The van der Waals surface area contributed by atoms with Gasteiger partial charge in [-0.15, -0.1) is 0 Å². The van der Waals surface area contributed by atoms with E-state index in [0.29, 0.717) is 30.4 Å². The summed E-state index contributed by atoms with van der Waals surface area (Å²) in [5, 5.41) is 10.9. The Balaban J connectivity index is 1.65. The van der Waals surface area contributed by atoms with E-state index in [-0.39, 0.29) is 18.0 Å². The molecule has 3 aromatic rings. The fourth-order valence-corrected chi connectivity index (χ4v) is 3.46. The fraction of sp³-hybridized carbons (Fsp3) is 0.421. The molecule has 0 radical (unpaired) electrons. The van der Waals surface area contributed by atoms with E-state index in [2.05, 4.69) is 46.1 Å². The lowest BCUT2D eigenvalue weighted by molar-refractivity contribution is -0.125. The van der Waals surface area contributed by atoms with Crippen LogP contribution in [0.25, 0.3) is 11.2 Å². The number of aromatic nitrogens is 6. The minimum Gasteiger partial charge on any atom is -0.350 e. The van der Waals surface area contributed by atoms with E-state index < -0.39 is 0 Å². The van der Waals surface area contributed by atoms with E-state index in [1.165, 1.54) is 6.08 Å². The van der Waals surface area contributed by atoms with Crippen molar-refractivity contribution in [1.29, 1.82) is 0 Å². The van der Waals surface area contributed by atoms with Crippen LogP contribution in [0.1, 0.15) is 26.3 Å². The number of hydrogen-bond donors (Lipinski definition) is 2. The first-order valence-electron chi connectivity index (χ1n) is 9.62. The van der Waals surface area contributed by atoms with Gasteiger partial charge in [0.1, 0.15) is 0 Å². The van der Waals surface area contributed by atoms with Crippen molar-refractivity contribution in [2.75, 3.05) is 23.7 Å². The predicted octanol–water partition coefficient (Wildman–Crippen LogP) is 2.08. The molecular formula is C19H25N9O. The van der Waals surface area contributed by atoms with Gasteiger partial charge >= 0.3 is 0 Å². The predicted molar refractivity (Wildman–Crippen MR) is 111 cm³/mol. The molecule has 1 amide bonds. The van der Waals surface area contributed by atoms with Gasteiger partial charge in [-0.3, -0.25) is 9.48 Å². The van der Waals surface area contributed by atoms with Gasteiger partial charge in [0.05, 0.1) is 18.2 Å². The van der Waals surface area contributed by atoms with Crippen molar-refractivity contribution in [2.45, 2.75) is 32.4 Å². The number of nitrogens with one attached hydrogen (secondary N) is 2. The van der Waals surface area contributed by atoms with Gasteiger partial charge < -0.3 is 20.1 Å². The van der Waals surface area contributed by atoms with Crippen LogP contribution in [0.5, 0.6) is 0 Å². The molecule has 1 unspecified atom stereocenters. The minimum absolute atomic E-state index is 0.0533. The molecule has 10 heteroatoms. The molecule has 10 nitrogen and oxygen atoms in total. The summed E-state index contributed by atoms with van der Waals surface area (Å²) < 4.78 is 3.73. The highest BCUT2D eigenvalue weighted by molar-refractivity contribution is 5.87. The molecule has 1 aliphatic rings. The zero-order valence-corrected chi connectivity index (χ0v) is 16.8. The zero-order chi connectivity index (χ0) is 20.5. The number of amides is 1. The summed E-state index contributed by atoms with van der Waals surface area (Å²) in [7, 11) is 1.86. The lowest BCUT2D eigenvalue weighted by atomic mass is 10.3. The van der Waals surface area contributed by atoms with E-state index in [9.17, 15) is 4.79 Å². The summed E-state index contributed by atoms with van der Waals surface area (Å²) in [6.45, 7) is 9.02. The van der Waals surface area contributed by atoms with Crippen molar-refractivity contribution in [3.63, 3.8) is 0 Å². The van der Waals surface area contributed by atoms with Crippen molar-refractivity contribution in [3.8, 4) is 0 Å². The van der Waals surface area contributed by atoms with Gasteiger partial charge in [0.25, 0.3) is 0 Å². The Morgan fingerprint density at radius 3 is 2.90 bits per heavy atom. The number of imidazole rings is 1. The zero-order valence-electron chi connectivity index (χ0n) is 16.8. The van der Waals surface area contributed by atoms with Gasteiger partial charge in [0.2, 0.25) is 11.9 Å². The molecule has 29 heavy (non-hydrogen) atoms. The summed E-state index contributed by atoms with van der Waals surface area (Å²) in [6, 6.07) is 0.291. The van der Waals surface area contributed by atoms with Gasteiger partial charge in [-0.2, -0.15) is 15.1 Å².